The van der Waals surface area contributed by atoms with Crippen LogP contribution in [0.5, 0.6) is 0 Å². The number of halogens is 1. The Kier molecular flexibility index (Phi) is 6.97. The Hall–Kier alpha value is -3.55. The van der Waals surface area contributed by atoms with E-state index in [0.29, 0.717) is 12.8 Å². The molecule has 2 atom stereocenters. The molecule has 37 heavy (non-hydrogen) atoms. The van der Waals surface area contributed by atoms with Crippen LogP contribution >= 0.6 is 0 Å². The van der Waals surface area contributed by atoms with E-state index in [1.54, 1.807) is 4.90 Å². The number of fused-ring (bicyclic) bond motifs is 2. The SMILES string of the molecule is CC(C)(C)OC(=O)N1[C@@H]2CC[C@@H]1CC(Nc1ncnc(Nc3ccc(S(C)(=O)=O)cc3F)c1[N+](=O)[O-])C2. The van der Waals surface area contributed by atoms with Crippen molar-refractivity contribution >= 4 is 38.9 Å². The predicted octanol–water partition coefficient (Wildman–Crippen LogP) is 4.01. The van der Waals surface area contributed by atoms with E-state index in [-0.39, 0.29) is 46.4 Å². The molecule has 14 heteroatoms. The van der Waals surface area contributed by atoms with Gasteiger partial charge in [0.05, 0.1) is 15.5 Å². The van der Waals surface area contributed by atoms with Crippen LogP contribution in [0.25, 0.3) is 0 Å². The summed E-state index contributed by atoms with van der Waals surface area (Å²) in [5, 5.41) is 17.7. The van der Waals surface area contributed by atoms with Gasteiger partial charge in [-0.25, -0.2) is 27.6 Å². The van der Waals surface area contributed by atoms with Gasteiger partial charge in [0.25, 0.3) is 0 Å². The third-order valence-corrected chi connectivity index (χ3v) is 7.42. The Morgan fingerprint density at radius 1 is 1.19 bits per heavy atom. The van der Waals surface area contributed by atoms with Crippen molar-refractivity contribution < 1.29 is 27.3 Å². The van der Waals surface area contributed by atoms with Crippen molar-refractivity contribution in [2.75, 3.05) is 16.9 Å². The summed E-state index contributed by atoms with van der Waals surface area (Å²) in [4.78, 5) is 33.5. The molecule has 2 saturated heterocycles. The van der Waals surface area contributed by atoms with Crippen LogP contribution in [0, 0.1) is 15.9 Å². The van der Waals surface area contributed by atoms with E-state index in [4.69, 9.17) is 4.74 Å². The summed E-state index contributed by atoms with van der Waals surface area (Å²) in [5.74, 6) is -1.19. The number of hydrogen-bond acceptors (Lipinski definition) is 10. The van der Waals surface area contributed by atoms with Crippen LogP contribution in [0.1, 0.15) is 46.5 Å². The van der Waals surface area contributed by atoms with E-state index in [1.807, 2.05) is 20.8 Å². The first-order chi connectivity index (χ1) is 17.2. The normalized spacial score (nSPS) is 21.4. The highest BCUT2D eigenvalue weighted by atomic mass is 32.2. The lowest BCUT2D eigenvalue weighted by Gasteiger charge is -2.39. The molecule has 3 heterocycles. The Bertz CT molecular complexity index is 1320. The summed E-state index contributed by atoms with van der Waals surface area (Å²) in [6.45, 7) is 5.44. The molecule has 0 unspecified atom stereocenters. The average molecular weight is 537 g/mol. The van der Waals surface area contributed by atoms with Gasteiger partial charge in [-0.05, 0) is 64.7 Å². The lowest BCUT2D eigenvalue weighted by atomic mass is 9.97. The van der Waals surface area contributed by atoms with Gasteiger partial charge in [0, 0.05) is 24.4 Å². The largest absolute Gasteiger partial charge is 0.444 e. The molecule has 1 aromatic carbocycles. The fourth-order valence-electron chi connectivity index (χ4n) is 4.81. The fraction of sp³-hybridized carbons (Fsp3) is 0.522. The summed E-state index contributed by atoms with van der Waals surface area (Å²) in [7, 11) is -3.63. The number of aromatic nitrogens is 2. The molecule has 0 aliphatic carbocycles. The van der Waals surface area contributed by atoms with Gasteiger partial charge in [-0.2, -0.15) is 0 Å². The zero-order valence-corrected chi connectivity index (χ0v) is 21.7. The number of sulfone groups is 1. The summed E-state index contributed by atoms with van der Waals surface area (Å²) >= 11 is 0. The molecule has 2 fully saturated rings. The molecular formula is C23H29FN6O6S. The number of amides is 1. The van der Waals surface area contributed by atoms with Gasteiger partial charge < -0.3 is 20.3 Å². The number of nitrogens with one attached hydrogen (secondary N) is 2. The third kappa shape index (κ3) is 5.89. The molecule has 2 aromatic rings. The third-order valence-electron chi connectivity index (χ3n) is 6.30. The van der Waals surface area contributed by atoms with Crippen molar-refractivity contribution in [3.05, 3.63) is 40.5 Å². The van der Waals surface area contributed by atoms with Gasteiger partial charge in [-0.15, -0.1) is 0 Å². The topological polar surface area (TPSA) is 157 Å². The van der Waals surface area contributed by atoms with E-state index in [0.717, 1.165) is 31.5 Å². The van der Waals surface area contributed by atoms with Crippen LogP contribution < -0.4 is 10.6 Å². The Morgan fingerprint density at radius 2 is 1.81 bits per heavy atom. The second-order valence-electron chi connectivity index (χ2n) is 10.3. The number of nitrogens with zero attached hydrogens (tertiary/aromatic N) is 4. The summed E-state index contributed by atoms with van der Waals surface area (Å²) in [6.07, 6.45) is 4.44. The number of anilines is 3. The highest BCUT2D eigenvalue weighted by Crippen LogP contribution is 2.39. The number of rotatable bonds is 6. The van der Waals surface area contributed by atoms with Crippen molar-refractivity contribution in [3.63, 3.8) is 0 Å². The molecule has 2 aliphatic heterocycles. The number of piperidine rings is 1. The first-order valence-electron chi connectivity index (χ1n) is 11.8. The molecule has 2 N–H and O–H groups in total. The molecule has 0 spiro atoms. The number of carbonyl (C=O) groups is 1. The van der Waals surface area contributed by atoms with Crippen LogP contribution in [0.2, 0.25) is 0 Å². The van der Waals surface area contributed by atoms with Gasteiger partial charge in [0.15, 0.2) is 9.84 Å². The summed E-state index contributed by atoms with van der Waals surface area (Å²) < 4.78 is 43.5. The molecule has 0 radical (unpaired) electrons. The van der Waals surface area contributed by atoms with Crippen LogP contribution in [0.4, 0.5) is 32.2 Å². The van der Waals surface area contributed by atoms with E-state index < -0.39 is 31.9 Å². The minimum Gasteiger partial charge on any atom is -0.444 e. The van der Waals surface area contributed by atoms with Crippen molar-refractivity contribution in [2.24, 2.45) is 0 Å². The van der Waals surface area contributed by atoms with Gasteiger partial charge in [-0.1, -0.05) is 0 Å². The molecule has 2 bridgehead atoms. The molecular weight excluding hydrogens is 507 g/mol. The van der Waals surface area contributed by atoms with Crippen LogP contribution in [0.3, 0.4) is 0 Å². The molecule has 12 nitrogen and oxygen atoms in total. The zero-order chi connectivity index (χ0) is 27.1. The molecule has 200 valence electrons. The van der Waals surface area contributed by atoms with Crippen molar-refractivity contribution in [3.8, 4) is 0 Å². The van der Waals surface area contributed by atoms with Crippen molar-refractivity contribution in [1.29, 1.82) is 0 Å². The first kappa shape index (κ1) is 26.5. The highest BCUT2D eigenvalue weighted by Gasteiger charge is 2.45. The quantitative estimate of drug-likeness (QED) is 0.408. The number of benzene rings is 1. The zero-order valence-electron chi connectivity index (χ0n) is 20.9. The highest BCUT2D eigenvalue weighted by molar-refractivity contribution is 7.90. The second kappa shape index (κ2) is 9.72. The molecule has 0 saturated carbocycles. The first-order valence-corrected chi connectivity index (χ1v) is 13.7. The fourth-order valence-corrected chi connectivity index (χ4v) is 5.44. The van der Waals surface area contributed by atoms with E-state index in [1.165, 1.54) is 12.1 Å². The Balaban J connectivity index is 1.53. The van der Waals surface area contributed by atoms with Gasteiger partial charge in [0.1, 0.15) is 17.7 Å². The van der Waals surface area contributed by atoms with Crippen molar-refractivity contribution in [1.82, 2.24) is 14.9 Å². The Labute approximate surface area is 213 Å². The minimum atomic E-state index is -3.63. The molecule has 2 aliphatic rings. The summed E-state index contributed by atoms with van der Waals surface area (Å²) in [6, 6.07) is 2.89. The maximum absolute atomic E-state index is 14.6. The second-order valence-corrected chi connectivity index (χ2v) is 12.3. The van der Waals surface area contributed by atoms with Gasteiger partial charge in [-0.3, -0.25) is 10.1 Å². The maximum atomic E-state index is 14.6. The number of hydrogen-bond donors (Lipinski definition) is 2. The van der Waals surface area contributed by atoms with Gasteiger partial charge >= 0.3 is 11.8 Å². The van der Waals surface area contributed by atoms with Gasteiger partial charge in [0.2, 0.25) is 11.6 Å². The van der Waals surface area contributed by atoms with E-state index in [9.17, 15) is 27.7 Å². The number of carbonyl (C=O) groups excluding carboxylic acids is 1. The standard InChI is InChI=1S/C23H29FN6O6S/c1-23(2,3)36-22(31)29-14-5-6-15(29)10-13(9-14)27-20-19(30(32)33)21(26-12-25-20)28-18-8-7-16(11-17(18)24)37(4,34)35/h7-8,11-15H,5-6,9-10H2,1-4H3,(H2,25,26,27,28)/t14-,15-/m1/s1. The van der Waals surface area contributed by atoms with Crippen LogP contribution in [-0.2, 0) is 14.6 Å². The predicted molar refractivity (Wildman–Crippen MR) is 133 cm³/mol. The Morgan fingerprint density at radius 3 is 2.35 bits per heavy atom. The molecule has 1 aromatic heterocycles. The van der Waals surface area contributed by atoms with Crippen molar-refractivity contribution in [2.45, 2.75) is 75.1 Å². The minimum absolute atomic E-state index is 0.0363. The monoisotopic (exact) mass is 536 g/mol. The van der Waals surface area contributed by atoms with Crippen LogP contribution in [-0.4, -0.2) is 64.3 Å². The lowest BCUT2D eigenvalue weighted by molar-refractivity contribution is -0.383. The maximum Gasteiger partial charge on any atom is 0.410 e. The summed E-state index contributed by atoms with van der Waals surface area (Å²) in [5.41, 5.74) is -1.26. The smallest absolute Gasteiger partial charge is 0.410 e. The number of nitro groups is 1. The van der Waals surface area contributed by atoms with Crippen LogP contribution in [0.15, 0.2) is 29.4 Å². The average Bonchev–Trinajstić information content (AvgIpc) is 3.04. The number of ether oxygens (including phenoxy) is 1. The van der Waals surface area contributed by atoms with E-state index in [2.05, 4.69) is 20.6 Å². The molecule has 4 rings (SSSR count). The lowest BCUT2D eigenvalue weighted by Crippen LogP contribution is -2.51. The molecule has 1 amide bonds. The van der Waals surface area contributed by atoms with E-state index >= 15 is 0 Å².